The van der Waals surface area contributed by atoms with E-state index in [1.54, 1.807) is 0 Å². The molecule has 3 heteroatoms. The summed E-state index contributed by atoms with van der Waals surface area (Å²) in [6.45, 7) is 6.53. The van der Waals surface area contributed by atoms with Crippen LogP contribution in [-0.2, 0) is 22.4 Å². The molecule has 0 saturated carbocycles. The molecule has 0 saturated heterocycles. The fourth-order valence-electron chi connectivity index (χ4n) is 0.727. The first-order valence-electron chi connectivity index (χ1n) is 3.10. The zero-order valence-corrected chi connectivity index (χ0v) is 9.94. The van der Waals surface area contributed by atoms with Gasteiger partial charge >= 0.3 is 22.4 Å². The second-order valence-electron chi connectivity index (χ2n) is 1.80. The Balaban J connectivity index is 0. The van der Waals surface area contributed by atoms with E-state index in [4.69, 9.17) is 11.6 Å². The van der Waals surface area contributed by atoms with E-state index in [-0.39, 0.29) is 30.3 Å². The number of rotatable bonds is 3. The van der Waals surface area contributed by atoms with E-state index in [9.17, 15) is 0 Å². The molecule has 0 spiro atoms. The van der Waals surface area contributed by atoms with Crippen LogP contribution < -0.4 is 0 Å². The smallest absolute Gasteiger partial charge is 0.118 e. The molecule has 0 heterocycles. The molecule has 60 valence electrons. The van der Waals surface area contributed by atoms with Crippen LogP contribution >= 0.6 is 19.5 Å². The van der Waals surface area contributed by atoms with Crippen LogP contribution in [0.1, 0.15) is 20.8 Å². The molecule has 0 aromatic carbocycles. The van der Waals surface area contributed by atoms with Crippen LogP contribution in [0.25, 0.3) is 0 Å². The summed E-state index contributed by atoms with van der Waals surface area (Å²) in [4.78, 5) is 0. The largest absolute Gasteiger partial charge is 1.00 e. The molecular formula is C6H14AuClP+. The molecule has 0 aromatic heterocycles. The van der Waals surface area contributed by atoms with Gasteiger partial charge in [-0.05, 0) is 19.2 Å². The van der Waals surface area contributed by atoms with E-state index < -0.39 is 0 Å². The second kappa shape index (κ2) is 7.57. The molecule has 0 aliphatic heterocycles. The van der Waals surface area contributed by atoms with Crippen molar-refractivity contribution in [3.05, 3.63) is 0 Å². The molecule has 0 fully saturated rings. The maximum atomic E-state index is 5.87. The predicted molar refractivity (Wildman–Crippen MR) is 43.3 cm³/mol. The van der Waals surface area contributed by atoms with Crippen molar-refractivity contribution < 1.29 is 22.4 Å². The van der Waals surface area contributed by atoms with Crippen molar-refractivity contribution in [3.8, 4) is 0 Å². The van der Waals surface area contributed by atoms with E-state index in [1.807, 2.05) is 0 Å². The van der Waals surface area contributed by atoms with E-state index >= 15 is 0 Å². The van der Waals surface area contributed by atoms with Gasteiger partial charge in [0.25, 0.3) is 0 Å². The Morgan fingerprint density at radius 2 is 1.67 bits per heavy atom. The average Bonchev–Trinajstić information content (AvgIpc) is 1.69. The maximum Gasteiger partial charge on any atom is 1.00 e. The van der Waals surface area contributed by atoms with Gasteiger partial charge in [0.15, 0.2) is 0 Å². The van der Waals surface area contributed by atoms with Crippen LogP contribution in [0.15, 0.2) is 0 Å². The summed E-state index contributed by atoms with van der Waals surface area (Å²) in [6, 6.07) is 0. The van der Waals surface area contributed by atoms with Crippen LogP contribution in [0.3, 0.4) is 0 Å². The van der Waals surface area contributed by atoms with E-state index in [2.05, 4.69) is 20.8 Å². The van der Waals surface area contributed by atoms with Gasteiger partial charge in [0, 0.05) is 0 Å². The average molecular weight is 350 g/mol. The summed E-state index contributed by atoms with van der Waals surface area (Å²) in [5, 5.41) is 0.417. The van der Waals surface area contributed by atoms with Gasteiger partial charge in [-0.2, -0.15) is 0 Å². The normalized spacial score (nSPS) is 13.0. The van der Waals surface area contributed by atoms with Gasteiger partial charge < -0.3 is 0 Å². The predicted octanol–water partition coefficient (Wildman–Crippen LogP) is 3.09. The van der Waals surface area contributed by atoms with Crippen molar-refractivity contribution in [2.75, 3.05) is 12.3 Å². The second-order valence-corrected chi connectivity index (χ2v) is 5.97. The van der Waals surface area contributed by atoms with Crippen LogP contribution in [0.4, 0.5) is 0 Å². The molecule has 1 unspecified atom stereocenters. The molecule has 0 nitrogen and oxygen atoms in total. The van der Waals surface area contributed by atoms with Gasteiger partial charge in [0.05, 0.1) is 5.12 Å². The molecule has 0 aliphatic rings. The molecule has 1 atom stereocenters. The van der Waals surface area contributed by atoms with Crippen molar-refractivity contribution in [2.45, 2.75) is 25.9 Å². The Morgan fingerprint density at radius 1 is 1.33 bits per heavy atom. The Morgan fingerprint density at radius 3 is 1.67 bits per heavy atom. The third kappa shape index (κ3) is 5.88. The maximum absolute atomic E-state index is 5.87. The van der Waals surface area contributed by atoms with Crippen LogP contribution in [0.2, 0.25) is 0 Å². The summed E-state index contributed by atoms with van der Waals surface area (Å²) in [6.07, 6.45) is 2.55. The van der Waals surface area contributed by atoms with Crippen molar-refractivity contribution in [1.29, 1.82) is 0 Å². The molecule has 0 rings (SSSR count). The zero-order valence-electron chi connectivity index (χ0n) is 6.12. The van der Waals surface area contributed by atoms with Crippen LogP contribution in [0, 0.1) is 0 Å². The monoisotopic (exact) mass is 349 g/mol. The van der Waals surface area contributed by atoms with E-state index in [1.165, 1.54) is 12.3 Å². The number of halogens is 1. The minimum atomic E-state index is 0. The standard InChI is InChI=1S/C6H14ClP.Au/c1-4-8(5-2)6(3)7;/h6H,4-5H2,1-3H3;/q;+1. The van der Waals surface area contributed by atoms with Gasteiger partial charge in [-0.15, -0.1) is 11.6 Å². The van der Waals surface area contributed by atoms with Crippen molar-refractivity contribution in [1.82, 2.24) is 0 Å². The van der Waals surface area contributed by atoms with Gasteiger partial charge in [-0.1, -0.05) is 21.8 Å². The zero-order chi connectivity index (χ0) is 6.57. The van der Waals surface area contributed by atoms with Crippen molar-refractivity contribution in [2.24, 2.45) is 0 Å². The third-order valence-corrected chi connectivity index (χ3v) is 4.77. The molecular weight excluding hydrogens is 335 g/mol. The number of hydrogen-bond acceptors (Lipinski definition) is 0. The minimum Gasteiger partial charge on any atom is -0.118 e. The van der Waals surface area contributed by atoms with Gasteiger partial charge in [0.1, 0.15) is 0 Å². The molecule has 0 bridgehead atoms. The Kier molecular flexibility index (Phi) is 11.0. The summed E-state index contributed by atoms with van der Waals surface area (Å²) in [5.41, 5.74) is 0. The number of alkyl halides is 1. The fourth-order valence-corrected chi connectivity index (χ4v) is 3.01. The summed E-state index contributed by atoms with van der Waals surface area (Å²) in [7, 11) is 0.150. The summed E-state index contributed by atoms with van der Waals surface area (Å²) >= 11 is 5.87. The molecule has 0 N–H and O–H groups in total. The summed E-state index contributed by atoms with van der Waals surface area (Å²) in [5.74, 6) is 0. The van der Waals surface area contributed by atoms with Crippen molar-refractivity contribution >= 4 is 19.5 Å². The first-order valence-corrected chi connectivity index (χ1v) is 5.32. The van der Waals surface area contributed by atoms with Crippen LogP contribution in [0.5, 0.6) is 0 Å². The molecule has 0 radical (unpaired) electrons. The van der Waals surface area contributed by atoms with Crippen LogP contribution in [-0.4, -0.2) is 17.4 Å². The fraction of sp³-hybridized carbons (Fsp3) is 1.00. The van der Waals surface area contributed by atoms with E-state index in [0.717, 1.165) is 0 Å². The Hall–Kier alpha value is 1.46. The SMILES string of the molecule is CCP(CC)C(C)Cl.[Au+]. The molecule has 0 aliphatic carbocycles. The first-order chi connectivity index (χ1) is 3.72. The van der Waals surface area contributed by atoms with Gasteiger partial charge in [0.2, 0.25) is 0 Å². The summed E-state index contributed by atoms with van der Waals surface area (Å²) < 4.78 is 0. The molecule has 0 aromatic rings. The Bertz CT molecular complexity index is 55.0. The third-order valence-electron chi connectivity index (χ3n) is 1.32. The first kappa shape index (κ1) is 13.1. The molecule has 9 heavy (non-hydrogen) atoms. The molecule has 0 amide bonds. The van der Waals surface area contributed by atoms with Crippen molar-refractivity contribution in [3.63, 3.8) is 0 Å². The minimum absolute atomic E-state index is 0. The topological polar surface area (TPSA) is 0 Å². The van der Waals surface area contributed by atoms with E-state index in [0.29, 0.717) is 5.12 Å². The number of hydrogen-bond donors (Lipinski definition) is 0. The quantitative estimate of drug-likeness (QED) is 0.417. The Labute approximate surface area is 80.0 Å². The van der Waals surface area contributed by atoms with Gasteiger partial charge in [-0.3, -0.25) is 0 Å². The van der Waals surface area contributed by atoms with Gasteiger partial charge in [-0.25, -0.2) is 0 Å².